The molecule has 6 heteroatoms. The van der Waals surface area contributed by atoms with Crippen LogP contribution >= 0.6 is 0 Å². The fraction of sp³-hybridized carbons (Fsp3) is 0.800. The number of aliphatic carboxylic acids is 2. The van der Waals surface area contributed by atoms with E-state index in [9.17, 15) is 9.59 Å². The smallest absolute Gasteiger partial charge is 0.303 e. The van der Waals surface area contributed by atoms with Crippen LogP contribution in [-0.2, 0) is 9.59 Å². The minimum absolute atomic E-state index is 0.222. The van der Waals surface area contributed by atoms with Gasteiger partial charge in [-0.15, -0.1) is 0 Å². The van der Waals surface area contributed by atoms with Gasteiger partial charge in [0.25, 0.3) is 0 Å². The van der Waals surface area contributed by atoms with Crippen molar-refractivity contribution in [3.05, 3.63) is 0 Å². The zero-order chi connectivity index (χ0) is 13.7. The maximum Gasteiger partial charge on any atom is 0.303 e. The molecular formula is C10H22O6. The van der Waals surface area contributed by atoms with Gasteiger partial charge in [0.15, 0.2) is 0 Å². The lowest BCUT2D eigenvalue weighted by molar-refractivity contribution is -0.137. The zero-order valence-corrected chi connectivity index (χ0v) is 10.2. The van der Waals surface area contributed by atoms with E-state index in [1.807, 2.05) is 0 Å². The van der Waals surface area contributed by atoms with Crippen LogP contribution in [0.25, 0.3) is 0 Å². The van der Waals surface area contributed by atoms with Gasteiger partial charge in [0.1, 0.15) is 0 Å². The van der Waals surface area contributed by atoms with E-state index in [1.165, 1.54) is 0 Å². The van der Waals surface area contributed by atoms with Gasteiger partial charge in [-0.3, -0.25) is 9.59 Å². The maximum atomic E-state index is 9.37. The predicted octanol–water partition coefficient (Wildman–Crippen LogP) is 0.710. The number of carbonyl (C=O) groups is 2. The molecule has 98 valence electrons. The van der Waals surface area contributed by atoms with E-state index in [2.05, 4.69) is 0 Å². The summed E-state index contributed by atoms with van der Waals surface area (Å²) in [5, 5.41) is 32.2. The van der Waals surface area contributed by atoms with E-state index in [0.29, 0.717) is 0 Å². The molecule has 0 aliphatic carbocycles. The second-order valence-electron chi connectivity index (χ2n) is 2.98. The van der Waals surface area contributed by atoms with Crippen molar-refractivity contribution in [2.75, 3.05) is 0 Å². The summed E-state index contributed by atoms with van der Waals surface area (Å²) in [4.78, 5) is 18.7. The number of rotatable bonds is 3. The standard InChI is InChI=1S/C4H10O2.2C3H6O2/c1-3(5)4(2)6;2*1-2-3(4)5/h3-6H,1-2H3;2*2H2,1H3,(H,4,5). The number of carboxylic acid groups (broad SMARTS) is 2. The summed E-state index contributed by atoms with van der Waals surface area (Å²) >= 11 is 0. The van der Waals surface area contributed by atoms with Crippen molar-refractivity contribution >= 4 is 11.9 Å². The first kappa shape index (κ1) is 20.3. The topological polar surface area (TPSA) is 115 Å². The van der Waals surface area contributed by atoms with E-state index in [4.69, 9.17) is 20.4 Å². The second-order valence-corrected chi connectivity index (χ2v) is 2.98. The molecule has 0 aliphatic rings. The third-order valence-electron chi connectivity index (χ3n) is 1.30. The van der Waals surface area contributed by atoms with Crippen LogP contribution in [0.5, 0.6) is 0 Å². The fourth-order valence-electron chi connectivity index (χ4n) is 0. The molecule has 0 heterocycles. The van der Waals surface area contributed by atoms with Crippen molar-refractivity contribution in [3.8, 4) is 0 Å². The molecule has 0 saturated heterocycles. The summed E-state index contributed by atoms with van der Waals surface area (Å²) in [5.41, 5.74) is 0. The van der Waals surface area contributed by atoms with Crippen LogP contribution in [0.15, 0.2) is 0 Å². The highest BCUT2D eigenvalue weighted by atomic mass is 16.4. The average molecular weight is 238 g/mol. The van der Waals surface area contributed by atoms with E-state index in [-0.39, 0.29) is 12.8 Å². The molecule has 0 aliphatic heterocycles. The third kappa shape index (κ3) is 38.4. The lowest BCUT2D eigenvalue weighted by atomic mass is 10.3. The largest absolute Gasteiger partial charge is 0.481 e. The Balaban J connectivity index is -0.000000160. The molecule has 0 aromatic carbocycles. The molecule has 0 fully saturated rings. The molecule has 0 amide bonds. The van der Waals surface area contributed by atoms with Crippen LogP contribution in [-0.4, -0.2) is 44.6 Å². The van der Waals surface area contributed by atoms with Crippen LogP contribution in [0.4, 0.5) is 0 Å². The first-order chi connectivity index (χ1) is 7.18. The first-order valence-electron chi connectivity index (χ1n) is 4.98. The Hall–Kier alpha value is -1.14. The molecule has 0 bridgehead atoms. The van der Waals surface area contributed by atoms with Crippen molar-refractivity contribution in [2.45, 2.75) is 52.7 Å². The molecule has 2 unspecified atom stereocenters. The minimum Gasteiger partial charge on any atom is -0.481 e. The second kappa shape index (κ2) is 13.9. The zero-order valence-electron chi connectivity index (χ0n) is 10.2. The summed E-state index contributed by atoms with van der Waals surface area (Å²) < 4.78 is 0. The molecule has 2 atom stereocenters. The maximum absolute atomic E-state index is 9.37. The quantitative estimate of drug-likeness (QED) is 0.575. The van der Waals surface area contributed by atoms with Gasteiger partial charge in [0, 0.05) is 12.8 Å². The van der Waals surface area contributed by atoms with Crippen LogP contribution in [0.1, 0.15) is 40.5 Å². The Bertz CT molecular complexity index is 156. The highest BCUT2D eigenvalue weighted by molar-refractivity contribution is 5.66. The highest BCUT2D eigenvalue weighted by Crippen LogP contribution is 1.85. The third-order valence-corrected chi connectivity index (χ3v) is 1.30. The van der Waals surface area contributed by atoms with Gasteiger partial charge in [-0.05, 0) is 13.8 Å². The molecule has 0 rings (SSSR count). The summed E-state index contributed by atoms with van der Waals surface area (Å²) in [5.74, 6) is -1.49. The van der Waals surface area contributed by atoms with Crippen molar-refractivity contribution in [3.63, 3.8) is 0 Å². The Kier molecular flexibility index (Phi) is 17.6. The van der Waals surface area contributed by atoms with Crippen LogP contribution in [0, 0.1) is 0 Å². The SMILES string of the molecule is CC(O)C(C)O.CCC(=O)O.CCC(=O)O. The van der Waals surface area contributed by atoms with E-state index in [1.54, 1.807) is 27.7 Å². The van der Waals surface area contributed by atoms with Gasteiger partial charge in [0.05, 0.1) is 12.2 Å². The van der Waals surface area contributed by atoms with Gasteiger partial charge in [-0.2, -0.15) is 0 Å². The number of carboxylic acids is 2. The van der Waals surface area contributed by atoms with Crippen molar-refractivity contribution in [1.29, 1.82) is 0 Å². The van der Waals surface area contributed by atoms with Gasteiger partial charge in [-0.1, -0.05) is 13.8 Å². The number of aliphatic hydroxyl groups excluding tert-OH is 2. The van der Waals surface area contributed by atoms with E-state index < -0.39 is 24.1 Å². The molecule has 6 nitrogen and oxygen atoms in total. The molecule has 0 aromatic rings. The number of hydrogen-bond donors (Lipinski definition) is 4. The highest BCUT2D eigenvalue weighted by Gasteiger charge is 1.99. The van der Waals surface area contributed by atoms with Gasteiger partial charge in [0.2, 0.25) is 0 Å². The molecule has 0 aromatic heterocycles. The van der Waals surface area contributed by atoms with Crippen LogP contribution < -0.4 is 0 Å². The number of hydrogen-bond acceptors (Lipinski definition) is 4. The average Bonchev–Trinajstić information content (AvgIpc) is 2.19. The lowest BCUT2D eigenvalue weighted by Crippen LogP contribution is -2.17. The van der Waals surface area contributed by atoms with Crippen molar-refractivity contribution < 1.29 is 30.0 Å². The minimum atomic E-state index is -0.745. The van der Waals surface area contributed by atoms with Gasteiger partial charge >= 0.3 is 11.9 Å². The molecule has 4 N–H and O–H groups in total. The van der Waals surface area contributed by atoms with Gasteiger partial charge < -0.3 is 20.4 Å². The van der Waals surface area contributed by atoms with Gasteiger partial charge in [-0.25, -0.2) is 0 Å². The van der Waals surface area contributed by atoms with E-state index in [0.717, 1.165) is 0 Å². The predicted molar refractivity (Wildman–Crippen MR) is 59.2 cm³/mol. The molecule has 0 radical (unpaired) electrons. The fourth-order valence-corrected chi connectivity index (χ4v) is 0. The Labute approximate surface area is 95.5 Å². The molecule has 0 saturated carbocycles. The van der Waals surface area contributed by atoms with Crippen molar-refractivity contribution in [2.24, 2.45) is 0 Å². The lowest BCUT2D eigenvalue weighted by Gasteiger charge is -2.03. The van der Waals surface area contributed by atoms with Crippen LogP contribution in [0.2, 0.25) is 0 Å². The summed E-state index contributed by atoms with van der Waals surface area (Å²) in [7, 11) is 0. The molecule has 0 spiro atoms. The summed E-state index contributed by atoms with van der Waals surface area (Å²) in [6, 6.07) is 0. The first-order valence-corrected chi connectivity index (χ1v) is 4.98. The molecule has 16 heavy (non-hydrogen) atoms. The molecular weight excluding hydrogens is 216 g/mol. The summed E-state index contributed by atoms with van der Waals surface area (Å²) in [6.07, 6.45) is -0.741. The Morgan fingerprint density at radius 2 is 1.00 bits per heavy atom. The Morgan fingerprint density at radius 1 is 0.875 bits per heavy atom. The Morgan fingerprint density at radius 3 is 1.00 bits per heavy atom. The van der Waals surface area contributed by atoms with E-state index >= 15 is 0 Å². The monoisotopic (exact) mass is 238 g/mol. The number of aliphatic hydroxyl groups is 2. The van der Waals surface area contributed by atoms with Crippen LogP contribution in [0.3, 0.4) is 0 Å². The summed E-state index contributed by atoms with van der Waals surface area (Å²) in [6.45, 7) is 6.29. The van der Waals surface area contributed by atoms with Crippen molar-refractivity contribution in [1.82, 2.24) is 0 Å². The normalized spacial score (nSPS) is 12.1.